The van der Waals surface area contributed by atoms with E-state index >= 15 is 0 Å². The third kappa shape index (κ3) is 8.94. The minimum absolute atomic E-state index is 0. The lowest BCUT2D eigenvalue weighted by Gasteiger charge is -2.63. The van der Waals surface area contributed by atoms with Crippen LogP contribution >= 0.6 is 0 Å². The molecule has 3 aliphatic heterocycles. The molecular formula is C48H80BO13. The summed E-state index contributed by atoms with van der Waals surface area (Å²) < 4.78 is 50.1. The van der Waals surface area contributed by atoms with E-state index in [1.807, 2.05) is 27.7 Å². The van der Waals surface area contributed by atoms with Crippen molar-refractivity contribution < 1.29 is 64.2 Å². The Labute approximate surface area is 374 Å². The second kappa shape index (κ2) is 19.6. The maximum atomic E-state index is 13.3. The highest BCUT2D eigenvalue weighted by Crippen LogP contribution is 2.68. The van der Waals surface area contributed by atoms with Gasteiger partial charge in [0.25, 0.3) is 0 Å². The Morgan fingerprint density at radius 2 is 1.44 bits per heavy atom. The van der Waals surface area contributed by atoms with Crippen molar-refractivity contribution in [1.29, 1.82) is 0 Å². The molecule has 3 saturated carbocycles. The van der Waals surface area contributed by atoms with Gasteiger partial charge in [-0.05, 0) is 116 Å². The Morgan fingerprint density at radius 3 is 2.02 bits per heavy atom. The summed E-state index contributed by atoms with van der Waals surface area (Å²) in [7, 11) is 1.45. The standard InChI is InChI=1S/C47H74O13.CH4.B.H2/c1-12-23(2)43(51)58-35-22-34-33(47(52)18-16-32(26(5)48)46(35,47)10)14-13-30-21-31(15-17-45(30,34)9)57-36-19-24(3)40(28(7)54-36)59-37-20-25(4)41(29(8)55-37)60-44-39(50)42(53-11)38(49)27(6)56-44;;;/h12-13,24-25,27-29,31-42,44,49-50,52H,14-22H2,1-11H3;1H4;;1H/b23-12+;;;/t24?,25?,27?,28?,29?,31-,32+,33?,34?,35+,36?,37?,38?,39?,40?,41?,42?,44?,45-,46-,47-;;;/m0.../s1/i;;;1+1. The van der Waals surface area contributed by atoms with Gasteiger partial charge in [-0.25, -0.2) is 4.79 Å². The van der Waals surface area contributed by atoms with Crippen LogP contribution in [0.1, 0.15) is 136 Å². The molecule has 15 unspecified atom stereocenters. The van der Waals surface area contributed by atoms with Gasteiger partial charge in [0.1, 0.15) is 30.2 Å². The highest BCUT2D eigenvalue weighted by Gasteiger charge is 2.71. The number of hydrogen-bond donors (Lipinski definition) is 3. The molecule has 4 aliphatic carbocycles. The van der Waals surface area contributed by atoms with Crippen LogP contribution in [-0.2, 0) is 47.5 Å². The Hall–Kier alpha value is -1.72. The maximum absolute atomic E-state index is 13.3. The zero-order valence-corrected chi connectivity index (χ0v) is 38.4. The van der Waals surface area contributed by atoms with Crippen molar-refractivity contribution in [2.75, 3.05) is 7.11 Å². The van der Waals surface area contributed by atoms with Gasteiger partial charge in [0, 0.05) is 46.7 Å². The van der Waals surface area contributed by atoms with Gasteiger partial charge in [-0.3, -0.25) is 4.79 Å². The summed E-state index contributed by atoms with van der Waals surface area (Å²) in [5, 5.41) is 34.0. The maximum Gasteiger partial charge on any atom is 0.333 e. The summed E-state index contributed by atoms with van der Waals surface area (Å²) in [6.45, 7) is 19.5. The van der Waals surface area contributed by atoms with E-state index in [1.54, 1.807) is 26.8 Å². The van der Waals surface area contributed by atoms with E-state index in [4.69, 9.17) is 37.9 Å². The van der Waals surface area contributed by atoms with Crippen molar-refractivity contribution in [3.05, 3.63) is 23.3 Å². The molecule has 0 aromatic heterocycles. The number of ketones is 1. The fourth-order valence-electron chi connectivity index (χ4n) is 13.0. The third-order valence-corrected chi connectivity index (χ3v) is 16.7. The molecule has 353 valence electrons. The fraction of sp³-hybridized carbons (Fsp3) is 0.875. The Morgan fingerprint density at radius 1 is 0.823 bits per heavy atom. The normalized spacial score (nSPS) is 49.2. The van der Waals surface area contributed by atoms with Crippen molar-refractivity contribution in [3.63, 3.8) is 0 Å². The quantitative estimate of drug-likeness (QED) is 0.0951. The lowest BCUT2D eigenvalue weighted by Crippen LogP contribution is -2.66. The van der Waals surface area contributed by atoms with E-state index in [0.29, 0.717) is 37.7 Å². The molecule has 0 aromatic rings. The largest absolute Gasteiger partial charge is 0.458 e. The molecule has 3 saturated heterocycles. The molecule has 3 radical (unpaired) electrons. The van der Waals surface area contributed by atoms with Gasteiger partial charge in [-0.15, -0.1) is 0 Å². The molecule has 0 spiro atoms. The molecule has 3 heterocycles. The van der Waals surface area contributed by atoms with E-state index in [1.165, 1.54) is 12.7 Å². The Bertz CT molecular complexity index is 1620. The lowest BCUT2D eigenvalue weighted by atomic mass is 9.45. The van der Waals surface area contributed by atoms with Crippen LogP contribution in [0, 0.1) is 40.4 Å². The number of methoxy groups -OCH3 is 1. The number of aliphatic hydroxyl groups is 3. The van der Waals surface area contributed by atoms with Gasteiger partial charge < -0.3 is 53.2 Å². The van der Waals surface area contributed by atoms with E-state index < -0.39 is 54.1 Å². The minimum Gasteiger partial charge on any atom is -0.458 e. The lowest BCUT2D eigenvalue weighted by molar-refractivity contribution is -0.342. The van der Waals surface area contributed by atoms with Gasteiger partial charge in [-0.1, -0.05) is 52.8 Å². The summed E-state index contributed by atoms with van der Waals surface area (Å²) in [4.78, 5) is 26.3. The van der Waals surface area contributed by atoms with Crippen LogP contribution in [0.3, 0.4) is 0 Å². The second-order valence-corrected chi connectivity index (χ2v) is 20.2. The van der Waals surface area contributed by atoms with Crippen LogP contribution < -0.4 is 0 Å². The zero-order chi connectivity index (χ0) is 43.6. The van der Waals surface area contributed by atoms with Crippen molar-refractivity contribution >= 4 is 20.2 Å². The molecule has 6 fully saturated rings. The zero-order valence-electron chi connectivity index (χ0n) is 38.4. The first kappa shape index (κ1) is 51.3. The fourth-order valence-corrected chi connectivity index (χ4v) is 13.0. The Balaban J connectivity index is 0.00000290. The van der Waals surface area contributed by atoms with Crippen LogP contribution in [-0.4, -0.2) is 128 Å². The van der Waals surface area contributed by atoms with Crippen LogP contribution in [0.5, 0.6) is 0 Å². The highest BCUT2D eigenvalue weighted by atomic mass is 16.7. The predicted molar refractivity (Wildman–Crippen MR) is 235 cm³/mol. The number of fused-ring (bicyclic) bond motifs is 5. The molecule has 13 nitrogen and oxygen atoms in total. The number of carbonyl (C=O) groups is 2. The molecule has 0 bridgehead atoms. The summed E-state index contributed by atoms with van der Waals surface area (Å²) in [6, 6.07) is 0. The molecule has 7 aliphatic rings. The average molecular weight is 877 g/mol. The van der Waals surface area contributed by atoms with Crippen molar-refractivity contribution in [2.45, 2.75) is 220 Å². The average Bonchev–Trinajstić information content (AvgIpc) is 3.48. The molecule has 21 atom stereocenters. The van der Waals surface area contributed by atoms with Crippen LogP contribution in [0.2, 0.25) is 0 Å². The molecule has 0 aromatic carbocycles. The number of aliphatic hydroxyl groups excluding tert-OH is 2. The predicted octanol–water partition coefficient (Wildman–Crippen LogP) is 6.44. The SMILES string of the molecule is C.C/C=C(\C)C(=O)O[C@@H]1CC2C(CC=C3C[C@@H](OC4CC(C)C(OC5CC(C)C(OC6OC(C)C(O)C(OC)C6O)C(C)O5)C(C)O4)CC[C@@]32C)[C@@]2(O)CC[C@H](C(C)=O)[C@@]12C.[2HH].[B]. The molecule has 14 heteroatoms. The monoisotopic (exact) mass is 877 g/mol. The van der Waals surface area contributed by atoms with Gasteiger partial charge in [0.15, 0.2) is 18.9 Å². The first-order valence-electron chi connectivity index (χ1n) is 22.8. The number of carbonyl (C=O) groups excluding carboxylic acids is 2. The van der Waals surface area contributed by atoms with Gasteiger partial charge in [-0.2, -0.15) is 0 Å². The number of Topliss-reactive ketones (excluding diaryl/α,β-unsaturated/α-hetero) is 1. The number of esters is 1. The minimum atomic E-state index is -1.15. The van der Waals surface area contributed by atoms with E-state index in [0.717, 1.165) is 25.7 Å². The molecule has 3 N–H and O–H groups in total. The summed E-state index contributed by atoms with van der Waals surface area (Å²) in [5.41, 5.74) is -0.310. The summed E-state index contributed by atoms with van der Waals surface area (Å²) in [5.74, 6) is -0.454. The number of hydrogen-bond acceptors (Lipinski definition) is 13. The molecule has 62 heavy (non-hydrogen) atoms. The topological polar surface area (TPSA) is 169 Å². The van der Waals surface area contributed by atoms with Crippen LogP contribution in [0.15, 0.2) is 23.3 Å². The smallest absolute Gasteiger partial charge is 0.333 e. The van der Waals surface area contributed by atoms with Crippen LogP contribution in [0.4, 0.5) is 0 Å². The van der Waals surface area contributed by atoms with E-state index in [-0.39, 0.29) is 101 Å². The number of rotatable bonds is 10. The highest BCUT2D eigenvalue weighted by molar-refractivity contribution is 5.88. The first-order valence-corrected chi connectivity index (χ1v) is 22.8. The van der Waals surface area contributed by atoms with E-state index in [2.05, 4.69) is 26.8 Å². The van der Waals surface area contributed by atoms with Crippen molar-refractivity contribution in [2.24, 2.45) is 40.4 Å². The second-order valence-electron chi connectivity index (χ2n) is 20.2. The van der Waals surface area contributed by atoms with Crippen LogP contribution in [0.25, 0.3) is 0 Å². The molecular weight excluding hydrogens is 795 g/mol. The number of ether oxygens (including phenoxy) is 8. The summed E-state index contributed by atoms with van der Waals surface area (Å²) >= 11 is 0. The van der Waals surface area contributed by atoms with E-state index in [9.17, 15) is 24.9 Å². The van der Waals surface area contributed by atoms with Crippen molar-refractivity contribution in [1.82, 2.24) is 0 Å². The Kier molecular flexibility index (Phi) is 16.2. The van der Waals surface area contributed by atoms with Gasteiger partial charge in [0.05, 0.1) is 42.2 Å². The van der Waals surface area contributed by atoms with Gasteiger partial charge in [0.2, 0.25) is 0 Å². The third-order valence-electron chi connectivity index (χ3n) is 16.7. The van der Waals surface area contributed by atoms with Gasteiger partial charge >= 0.3 is 5.97 Å². The summed E-state index contributed by atoms with van der Waals surface area (Å²) in [6.07, 6.45) is 3.31. The molecule has 7 rings (SSSR count). The number of allylic oxidation sites excluding steroid dienone is 2. The molecule has 0 amide bonds. The van der Waals surface area contributed by atoms with Crippen molar-refractivity contribution in [3.8, 4) is 0 Å². The first-order chi connectivity index (χ1) is 28.3.